The number of rotatable bonds is 7. The Morgan fingerprint density at radius 2 is 1.81 bits per heavy atom. The van der Waals surface area contributed by atoms with Crippen molar-refractivity contribution in [2.45, 2.75) is 19.3 Å². The van der Waals surface area contributed by atoms with Crippen molar-refractivity contribution in [3.63, 3.8) is 0 Å². The lowest BCUT2D eigenvalue weighted by Crippen LogP contribution is -2.32. The van der Waals surface area contributed by atoms with E-state index in [1.54, 1.807) is 31.4 Å². The van der Waals surface area contributed by atoms with E-state index in [1.165, 1.54) is 16.3 Å². The van der Waals surface area contributed by atoms with Crippen LogP contribution in [-0.4, -0.2) is 48.3 Å². The van der Waals surface area contributed by atoms with Crippen molar-refractivity contribution in [3.05, 3.63) is 71.5 Å². The van der Waals surface area contributed by atoms with Gasteiger partial charge in [-0.05, 0) is 56.1 Å². The van der Waals surface area contributed by atoms with Crippen molar-refractivity contribution in [2.75, 3.05) is 33.1 Å². The molecule has 0 saturated heterocycles. The van der Waals surface area contributed by atoms with Gasteiger partial charge in [0.15, 0.2) is 5.69 Å². The number of nitrogens with one attached hydrogen (secondary N) is 1. The molecular weight excluding hydrogens is 390 g/mol. The minimum absolute atomic E-state index is 0.0132. The lowest BCUT2D eigenvalue weighted by molar-refractivity contribution is 0.101. The summed E-state index contributed by atoms with van der Waals surface area (Å²) in [7, 11) is 5.69. The average Bonchev–Trinajstić information content (AvgIpc) is 3.18. The predicted octanol–water partition coefficient (Wildman–Crippen LogP) is 3.84. The van der Waals surface area contributed by atoms with Gasteiger partial charge in [-0.3, -0.25) is 4.79 Å². The summed E-state index contributed by atoms with van der Waals surface area (Å²) in [6, 6.07) is 18.4. The Morgan fingerprint density at radius 3 is 2.35 bits per heavy atom. The number of hydrogen-bond acceptors (Lipinski definition) is 5. The Kier molecular flexibility index (Phi) is 6.42. The molecule has 2 aromatic carbocycles. The molecule has 0 unspecified atom stereocenters. The Labute approximate surface area is 182 Å². The molecule has 0 atom stereocenters. The lowest BCUT2D eigenvalue weighted by Gasteiger charge is -2.29. The summed E-state index contributed by atoms with van der Waals surface area (Å²) < 4.78 is 6.64. The number of anilines is 1. The fourth-order valence-electron chi connectivity index (χ4n) is 3.60. The number of nitrogens with zero attached hydrogens (tertiary/aromatic N) is 4. The van der Waals surface area contributed by atoms with Gasteiger partial charge in [-0.25, -0.2) is 4.68 Å². The largest absolute Gasteiger partial charge is 0.497 e. The zero-order chi connectivity index (χ0) is 22.6. The molecule has 7 nitrogen and oxygen atoms in total. The highest BCUT2D eigenvalue weighted by Crippen LogP contribution is 2.25. The summed E-state index contributed by atoms with van der Waals surface area (Å²) in [5, 5.41) is 16.4. The van der Waals surface area contributed by atoms with Crippen LogP contribution in [0, 0.1) is 11.3 Å². The Morgan fingerprint density at radius 1 is 1.16 bits per heavy atom. The zero-order valence-electron chi connectivity index (χ0n) is 18.5. The summed E-state index contributed by atoms with van der Waals surface area (Å²) in [6.07, 6.45) is 0. The van der Waals surface area contributed by atoms with E-state index < -0.39 is 0 Å². The number of hydrogen-bond donors (Lipinski definition) is 1. The van der Waals surface area contributed by atoms with E-state index in [-0.39, 0.29) is 22.7 Å². The summed E-state index contributed by atoms with van der Waals surface area (Å²) in [4.78, 5) is 15.1. The summed E-state index contributed by atoms with van der Waals surface area (Å²) in [5.74, 6) is 0.352. The minimum atomic E-state index is -0.342. The maximum Gasteiger partial charge on any atom is 0.274 e. The number of methoxy groups -OCH3 is 1. The smallest absolute Gasteiger partial charge is 0.274 e. The molecule has 0 bridgehead atoms. The third-order valence-corrected chi connectivity index (χ3v) is 5.01. The lowest BCUT2D eigenvalue weighted by atomic mass is 9.84. The fourth-order valence-corrected chi connectivity index (χ4v) is 3.60. The molecule has 3 aromatic rings. The number of likely N-dealkylation sites (N-methyl/N-ethyl adjacent to an activating group) is 1. The number of benzene rings is 2. The molecule has 31 heavy (non-hydrogen) atoms. The van der Waals surface area contributed by atoms with Crippen LogP contribution in [0.1, 0.15) is 35.6 Å². The normalized spacial score (nSPS) is 11.3. The standard InChI is InChI=1S/C24H27N5O2/c1-24(2,16-28(3)4)17-6-8-18(9-7-17)26-23(30)22-14-19(15-25)27-29(22)20-10-12-21(31-5)13-11-20/h6-14H,16H2,1-5H3,(H,26,30). The van der Waals surface area contributed by atoms with Crippen LogP contribution in [0.3, 0.4) is 0 Å². The SMILES string of the molecule is COc1ccc(-n2nc(C#N)cc2C(=O)Nc2ccc(C(C)(C)CN(C)C)cc2)cc1. The highest BCUT2D eigenvalue weighted by atomic mass is 16.5. The molecule has 0 saturated carbocycles. The maximum absolute atomic E-state index is 13.0. The van der Waals surface area contributed by atoms with Crippen LogP contribution in [0.25, 0.3) is 5.69 Å². The van der Waals surface area contributed by atoms with Gasteiger partial charge in [0.2, 0.25) is 0 Å². The van der Waals surface area contributed by atoms with Crippen LogP contribution in [0.4, 0.5) is 5.69 Å². The summed E-state index contributed by atoms with van der Waals surface area (Å²) in [5.41, 5.74) is 2.96. The van der Waals surface area contributed by atoms with Gasteiger partial charge in [0, 0.05) is 23.7 Å². The quantitative estimate of drug-likeness (QED) is 0.631. The molecule has 0 spiro atoms. The topological polar surface area (TPSA) is 83.2 Å². The minimum Gasteiger partial charge on any atom is -0.497 e. The van der Waals surface area contributed by atoms with E-state index in [0.717, 1.165) is 6.54 Å². The highest BCUT2D eigenvalue weighted by molar-refractivity contribution is 6.03. The number of carbonyl (C=O) groups excluding carboxylic acids is 1. The van der Waals surface area contributed by atoms with Crippen molar-refractivity contribution >= 4 is 11.6 Å². The van der Waals surface area contributed by atoms with Crippen molar-refractivity contribution in [1.29, 1.82) is 5.26 Å². The second kappa shape index (κ2) is 9.02. The number of aromatic nitrogens is 2. The first kappa shape index (κ1) is 22.1. The Bertz CT molecular complexity index is 1090. The van der Waals surface area contributed by atoms with Crippen LogP contribution in [0.2, 0.25) is 0 Å². The van der Waals surface area contributed by atoms with Crippen molar-refractivity contribution in [2.24, 2.45) is 0 Å². The van der Waals surface area contributed by atoms with Crippen LogP contribution >= 0.6 is 0 Å². The first-order valence-electron chi connectivity index (χ1n) is 9.95. The maximum atomic E-state index is 13.0. The van der Waals surface area contributed by atoms with Gasteiger partial charge in [-0.1, -0.05) is 26.0 Å². The van der Waals surface area contributed by atoms with Crippen LogP contribution in [0.5, 0.6) is 5.75 Å². The molecule has 7 heteroatoms. The molecular formula is C24H27N5O2. The van der Waals surface area contributed by atoms with Crippen molar-refractivity contribution in [1.82, 2.24) is 14.7 Å². The number of ether oxygens (including phenoxy) is 1. The molecule has 1 heterocycles. The van der Waals surface area contributed by atoms with E-state index in [9.17, 15) is 10.1 Å². The van der Waals surface area contributed by atoms with Crippen molar-refractivity contribution < 1.29 is 9.53 Å². The van der Waals surface area contributed by atoms with E-state index in [1.807, 2.05) is 30.3 Å². The molecule has 0 fully saturated rings. The molecule has 160 valence electrons. The van der Waals surface area contributed by atoms with E-state index in [0.29, 0.717) is 17.1 Å². The van der Waals surface area contributed by atoms with Gasteiger partial charge in [-0.15, -0.1) is 0 Å². The Balaban J connectivity index is 1.83. The fraction of sp³-hybridized carbons (Fsp3) is 0.292. The zero-order valence-corrected chi connectivity index (χ0v) is 18.5. The highest BCUT2D eigenvalue weighted by Gasteiger charge is 2.22. The third-order valence-electron chi connectivity index (χ3n) is 5.01. The van der Waals surface area contributed by atoms with Gasteiger partial charge in [0.25, 0.3) is 5.91 Å². The van der Waals surface area contributed by atoms with Crippen molar-refractivity contribution in [3.8, 4) is 17.5 Å². The summed E-state index contributed by atoms with van der Waals surface area (Å²) >= 11 is 0. The van der Waals surface area contributed by atoms with Gasteiger partial charge in [0.05, 0.1) is 12.8 Å². The molecule has 1 amide bonds. The van der Waals surface area contributed by atoms with Gasteiger partial charge >= 0.3 is 0 Å². The molecule has 0 aliphatic heterocycles. The average molecular weight is 418 g/mol. The van der Waals surface area contributed by atoms with Gasteiger partial charge in [0.1, 0.15) is 17.5 Å². The first-order valence-corrected chi connectivity index (χ1v) is 9.95. The monoisotopic (exact) mass is 417 g/mol. The van der Waals surface area contributed by atoms with Crippen LogP contribution in [0.15, 0.2) is 54.6 Å². The molecule has 1 aromatic heterocycles. The summed E-state index contributed by atoms with van der Waals surface area (Å²) in [6.45, 7) is 5.30. The number of nitriles is 1. The molecule has 0 aliphatic carbocycles. The molecule has 0 aliphatic rings. The number of carbonyl (C=O) groups is 1. The Hall–Kier alpha value is -3.63. The second-order valence-corrected chi connectivity index (χ2v) is 8.29. The van der Waals surface area contributed by atoms with E-state index in [2.05, 4.69) is 43.3 Å². The molecule has 0 radical (unpaired) electrons. The van der Waals surface area contributed by atoms with E-state index >= 15 is 0 Å². The first-order chi connectivity index (χ1) is 14.7. The van der Waals surface area contributed by atoms with E-state index in [4.69, 9.17) is 4.74 Å². The predicted molar refractivity (Wildman–Crippen MR) is 121 cm³/mol. The molecule has 1 N–H and O–H groups in total. The molecule has 3 rings (SSSR count). The van der Waals surface area contributed by atoms with Crippen LogP contribution < -0.4 is 10.1 Å². The van der Waals surface area contributed by atoms with Gasteiger partial charge < -0.3 is 15.0 Å². The third kappa shape index (κ3) is 5.11. The van der Waals surface area contributed by atoms with Crippen LogP contribution in [-0.2, 0) is 5.41 Å². The van der Waals surface area contributed by atoms with Gasteiger partial charge in [-0.2, -0.15) is 10.4 Å². The number of amides is 1. The second-order valence-electron chi connectivity index (χ2n) is 8.29.